The Morgan fingerprint density at radius 1 is 1.39 bits per heavy atom. The summed E-state index contributed by atoms with van der Waals surface area (Å²) in [5, 5.41) is 10.4. The number of aliphatic hydroxyl groups excluding tert-OH is 1. The largest absolute Gasteiger partial charge is 0.392 e. The average Bonchev–Trinajstić information content (AvgIpc) is 2.39. The summed E-state index contributed by atoms with van der Waals surface area (Å²) in [6.07, 6.45) is 1.34. The van der Waals surface area contributed by atoms with Gasteiger partial charge < -0.3 is 9.84 Å². The Bertz CT molecular complexity index is 482. The van der Waals surface area contributed by atoms with Gasteiger partial charge in [0.2, 0.25) is 0 Å². The van der Waals surface area contributed by atoms with Crippen LogP contribution in [-0.2, 0) is 21.4 Å². The molecule has 0 bridgehead atoms. The number of hydrogen-bond acceptors (Lipinski definition) is 6. The molecule has 0 amide bonds. The number of sulfonamides is 1. The van der Waals surface area contributed by atoms with Gasteiger partial charge in [0, 0.05) is 19.3 Å². The molecular formula is C10H15N3O4S. The quantitative estimate of drug-likeness (QED) is 0.738. The summed E-state index contributed by atoms with van der Waals surface area (Å²) in [5.41, 5.74) is 0.570. The Morgan fingerprint density at radius 3 is 2.67 bits per heavy atom. The number of ether oxygens (including phenoxy) is 1. The van der Waals surface area contributed by atoms with Crippen molar-refractivity contribution in [2.45, 2.75) is 11.6 Å². The van der Waals surface area contributed by atoms with Crippen molar-refractivity contribution in [1.29, 1.82) is 0 Å². The number of aromatic nitrogens is 1. The Balaban J connectivity index is 2.08. The minimum absolute atomic E-state index is 0.0637. The fraction of sp³-hybridized carbons (Fsp3) is 0.500. The SMILES string of the molecule is O=S(=O)(NN1CCOCC1)c1ccc(CO)cn1. The molecule has 0 aromatic carbocycles. The van der Waals surface area contributed by atoms with Gasteiger partial charge in [0.1, 0.15) is 0 Å². The lowest BCUT2D eigenvalue weighted by molar-refractivity contribution is 0.0272. The fourth-order valence-corrected chi connectivity index (χ4v) is 2.59. The van der Waals surface area contributed by atoms with Gasteiger partial charge in [-0.2, -0.15) is 0 Å². The fourth-order valence-electron chi connectivity index (χ4n) is 1.53. The molecule has 1 fully saturated rings. The van der Waals surface area contributed by atoms with Crippen molar-refractivity contribution in [3.63, 3.8) is 0 Å². The van der Waals surface area contributed by atoms with Crippen molar-refractivity contribution in [2.75, 3.05) is 26.3 Å². The van der Waals surface area contributed by atoms with Crippen molar-refractivity contribution in [1.82, 2.24) is 14.8 Å². The maximum atomic E-state index is 12.0. The van der Waals surface area contributed by atoms with Crippen molar-refractivity contribution in [3.8, 4) is 0 Å². The normalized spacial score (nSPS) is 17.8. The number of rotatable bonds is 4. The first-order chi connectivity index (χ1) is 8.62. The zero-order chi connectivity index (χ0) is 13.0. The number of nitrogens with one attached hydrogen (secondary N) is 1. The van der Waals surface area contributed by atoms with E-state index in [4.69, 9.17) is 9.84 Å². The summed E-state index contributed by atoms with van der Waals surface area (Å²) in [6, 6.07) is 2.90. The molecule has 2 heterocycles. The summed E-state index contributed by atoms with van der Waals surface area (Å²) in [5.74, 6) is 0. The standard InChI is InChI=1S/C10H15N3O4S/c14-8-9-1-2-10(11-7-9)18(15,16)12-13-3-5-17-6-4-13/h1-2,7,12,14H,3-6,8H2. The van der Waals surface area contributed by atoms with Crippen LogP contribution in [0, 0.1) is 0 Å². The molecule has 0 aliphatic carbocycles. The Hall–Kier alpha value is -1.06. The molecule has 1 aliphatic rings. The molecule has 1 aromatic rings. The minimum Gasteiger partial charge on any atom is -0.392 e. The second-order valence-electron chi connectivity index (χ2n) is 3.86. The molecule has 0 radical (unpaired) electrons. The van der Waals surface area contributed by atoms with E-state index in [-0.39, 0.29) is 11.6 Å². The molecule has 0 unspecified atom stereocenters. The van der Waals surface area contributed by atoms with E-state index in [9.17, 15) is 8.42 Å². The Labute approximate surface area is 105 Å². The summed E-state index contributed by atoms with van der Waals surface area (Å²) in [4.78, 5) is 6.27. The molecule has 0 saturated carbocycles. The van der Waals surface area contributed by atoms with Crippen LogP contribution in [0.4, 0.5) is 0 Å². The number of nitrogens with zero attached hydrogens (tertiary/aromatic N) is 2. The topological polar surface area (TPSA) is 91.8 Å². The molecule has 2 rings (SSSR count). The van der Waals surface area contributed by atoms with Crippen LogP contribution in [0.2, 0.25) is 0 Å². The number of morpholine rings is 1. The maximum absolute atomic E-state index is 12.0. The monoisotopic (exact) mass is 273 g/mol. The van der Waals surface area contributed by atoms with Crippen LogP contribution in [0.15, 0.2) is 23.4 Å². The van der Waals surface area contributed by atoms with Crippen LogP contribution < -0.4 is 4.83 Å². The zero-order valence-electron chi connectivity index (χ0n) is 9.74. The lowest BCUT2D eigenvalue weighted by Gasteiger charge is -2.26. The number of hydrazine groups is 1. The number of pyridine rings is 1. The summed E-state index contributed by atoms with van der Waals surface area (Å²) in [6.45, 7) is 1.85. The number of aliphatic hydroxyl groups is 1. The molecule has 100 valence electrons. The van der Waals surface area contributed by atoms with E-state index in [1.54, 1.807) is 5.01 Å². The molecule has 8 heteroatoms. The van der Waals surface area contributed by atoms with E-state index in [1.165, 1.54) is 18.3 Å². The number of hydrogen-bond donors (Lipinski definition) is 2. The van der Waals surface area contributed by atoms with Crippen molar-refractivity contribution in [2.24, 2.45) is 0 Å². The van der Waals surface area contributed by atoms with Gasteiger partial charge >= 0.3 is 0 Å². The van der Waals surface area contributed by atoms with E-state index in [1.807, 2.05) is 0 Å². The molecule has 1 aromatic heterocycles. The highest BCUT2D eigenvalue weighted by molar-refractivity contribution is 7.89. The highest BCUT2D eigenvalue weighted by Gasteiger charge is 2.21. The average molecular weight is 273 g/mol. The molecule has 0 atom stereocenters. The van der Waals surface area contributed by atoms with Gasteiger partial charge in [0.25, 0.3) is 10.0 Å². The van der Waals surface area contributed by atoms with E-state index in [0.29, 0.717) is 31.9 Å². The lowest BCUT2D eigenvalue weighted by atomic mass is 10.3. The van der Waals surface area contributed by atoms with Crippen molar-refractivity contribution >= 4 is 10.0 Å². The highest BCUT2D eigenvalue weighted by Crippen LogP contribution is 2.07. The van der Waals surface area contributed by atoms with Crippen LogP contribution in [0.25, 0.3) is 0 Å². The first-order valence-corrected chi connectivity index (χ1v) is 7.01. The Kier molecular flexibility index (Phi) is 4.25. The summed E-state index contributed by atoms with van der Waals surface area (Å²) in [7, 11) is -3.66. The molecule has 1 aliphatic heterocycles. The van der Waals surface area contributed by atoms with Gasteiger partial charge in [-0.15, -0.1) is 4.83 Å². The predicted molar refractivity (Wildman–Crippen MR) is 62.9 cm³/mol. The molecule has 1 saturated heterocycles. The molecular weight excluding hydrogens is 258 g/mol. The van der Waals surface area contributed by atoms with Gasteiger partial charge in [0.15, 0.2) is 5.03 Å². The van der Waals surface area contributed by atoms with Crippen LogP contribution in [-0.4, -0.2) is 49.8 Å². The first kappa shape index (κ1) is 13.4. The molecule has 18 heavy (non-hydrogen) atoms. The second-order valence-corrected chi connectivity index (χ2v) is 5.46. The van der Waals surface area contributed by atoms with Crippen LogP contribution in [0.3, 0.4) is 0 Å². The third kappa shape index (κ3) is 3.24. The zero-order valence-corrected chi connectivity index (χ0v) is 10.6. The minimum atomic E-state index is -3.66. The van der Waals surface area contributed by atoms with E-state index in [2.05, 4.69) is 9.82 Å². The van der Waals surface area contributed by atoms with Gasteiger partial charge in [-0.05, 0) is 11.6 Å². The highest BCUT2D eigenvalue weighted by atomic mass is 32.2. The smallest absolute Gasteiger partial charge is 0.270 e. The van der Waals surface area contributed by atoms with Crippen LogP contribution in [0.1, 0.15) is 5.56 Å². The first-order valence-electron chi connectivity index (χ1n) is 5.53. The van der Waals surface area contributed by atoms with Gasteiger partial charge in [0.05, 0.1) is 19.8 Å². The summed E-state index contributed by atoms with van der Waals surface area (Å²) < 4.78 is 29.1. The Morgan fingerprint density at radius 2 is 2.11 bits per heavy atom. The maximum Gasteiger partial charge on any atom is 0.270 e. The van der Waals surface area contributed by atoms with Gasteiger partial charge in [-0.1, -0.05) is 6.07 Å². The van der Waals surface area contributed by atoms with Gasteiger partial charge in [-0.3, -0.25) is 0 Å². The third-order valence-corrected chi connectivity index (χ3v) is 3.81. The van der Waals surface area contributed by atoms with E-state index >= 15 is 0 Å². The van der Waals surface area contributed by atoms with E-state index in [0.717, 1.165) is 0 Å². The van der Waals surface area contributed by atoms with Crippen LogP contribution in [0.5, 0.6) is 0 Å². The van der Waals surface area contributed by atoms with Crippen LogP contribution >= 0.6 is 0 Å². The molecule has 2 N–H and O–H groups in total. The second kappa shape index (κ2) is 5.72. The van der Waals surface area contributed by atoms with E-state index < -0.39 is 10.0 Å². The van der Waals surface area contributed by atoms with Gasteiger partial charge in [-0.25, -0.2) is 18.4 Å². The lowest BCUT2D eigenvalue weighted by Crippen LogP contribution is -2.48. The predicted octanol–water partition coefficient (Wildman–Crippen LogP) is -0.901. The molecule has 7 nitrogen and oxygen atoms in total. The summed E-state index contributed by atoms with van der Waals surface area (Å²) >= 11 is 0. The third-order valence-electron chi connectivity index (χ3n) is 2.52. The molecule has 0 spiro atoms. The van der Waals surface area contributed by atoms with Crippen molar-refractivity contribution in [3.05, 3.63) is 23.9 Å². The van der Waals surface area contributed by atoms with Crippen molar-refractivity contribution < 1.29 is 18.3 Å².